The molecule has 2 aromatic carbocycles. The predicted molar refractivity (Wildman–Crippen MR) is 111 cm³/mol. The number of Topliss-reactive ketones (excluding diaryl/α,β-unsaturated/α-hetero) is 1. The Morgan fingerprint density at radius 2 is 1.82 bits per heavy atom. The summed E-state index contributed by atoms with van der Waals surface area (Å²) in [5.74, 6) is 0.833. The molecule has 148 valence electrons. The zero-order valence-corrected chi connectivity index (χ0v) is 16.9. The first-order valence-electron chi connectivity index (χ1n) is 9.46. The lowest BCUT2D eigenvalue weighted by atomic mass is 9.88. The fraction of sp³-hybridized carbons (Fsp3) is 0.364. The van der Waals surface area contributed by atoms with Crippen LogP contribution in [0.2, 0.25) is 5.02 Å². The first-order valence-corrected chi connectivity index (χ1v) is 9.84. The highest BCUT2D eigenvalue weighted by Gasteiger charge is 2.30. The van der Waals surface area contributed by atoms with Crippen LogP contribution in [0.3, 0.4) is 0 Å². The van der Waals surface area contributed by atoms with Crippen molar-refractivity contribution in [2.24, 2.45) is 5.92 Å². The van der Waals surface area contributed by atoms with Gasteiger partial charge in [0.25, 0.3) is 0 Å². The van der Waals surface area contributed by atoms with Crippen molar-refractivity contribution in [3.63, 3.8) is 0 Å². The van der Waals surface area contributed by atoms with Gasteiger partial charge < -0.3 is 10.1 Å². The maximum atomic E-state index is 12.7. The van der Waals surface area contributed by atoms with Crippen molar-refractivity contribution in [1.82, 2.24) is 4.90 Å². The summed E-state index contributed by atoms with van der Waals surface area (Å²) in [6, 6.07) is 14.1. The Balaban J connectivity index is 1.53. The van der Waals surface area contributed by atoms with Crippen LogP contribution in [0.15, 0.2) is 48.5 Å². The Morgan fingerprint density at radius 3 is 2.43 bits per heavy atom. The Labute approximate surface area is 170 Å². The van der Waals surface area contributed by atoms with Gasteiger partial charge in [0.05, 0.1) is 13.2 Å². The quantitative estimate of drug-likeness (QED) is 0.735. The van der Waals surface area contributed by atoms with Gasteiger partial charge in [-0.3, -0.25) is 14.5 Å². The van der Waals surface area contributed by atoms with E-state index < -0.39 is 0 Å². The van der Waals surface area contributed by atoms with Crippen molar-refractivity contribution in [2.75, 3.05) is 25.5 Å². The standard InChI is InChI=1S/C22H25ClN2O3/c1-15(22(27)24-19-5-3-4-18(23)14-19)25-12-10-17(11-13-25)21(26)16-6-8-20(28-2)9-7-16/h3-9,14-15,17H,10-13H2,1-2H3,(H,24,27). The summed E-state index contributed by atoms with van der Waals surface area (Å²) in [4.78, 5) is 27.4. The van der Waals surface area contributed by atoms with Crippen LogP contribution in [0.5, 0.6) is 5.75 Å². The molecule has 1 amide bonds. The summed E-state index contributed by atoms with van der Waals surface area (Å²) < 4.78 is 5.14. The predicted octanol–water partition coefficient (Wildman–Crippen LogP) is 4.27. The number of halogens is 1. The zero-order chi connectivity index (χ0) is 20.1. The summed E-state index contributed by atoms with van der Waals surface area (Å²) >= 11 is 5.97. The number of likely N-dealkylation sites (tertiary alicyclic amines) is 1. The van der Waals surface area contributed by atoms with Crippen molar-refractivity contribution in [1.29, 1.82) is 0 Å². The van der Waals surface area contributed by atoms with Gasteiger partial charge in [0.2, 0.25) is 5.91 Å². The van der Waals surface area contributed by atoms with Crippen molar-refractivity contribution in [2.45, 2.75) is 25.8 Å². The Hall–Kier alpha value is -2.37. The van der Waals surface area contributed by atoms with Gasteiger partial charge in [-0.2, -0.15) is 0 Å². The topological polar surface area (TPSA) is 58.6 Å². The second kappa shape index (κ2) is 9.22. The van der Waals surface area contributed by atoms with E-state index in [2.05, 4.69) is 10.2 Å². The Morgan fingerprint density at radius 1 is 1.14 bits per heavy atom. The average molecular weight is 401 g/mol. The van der Waals surface area contributed by atoms with E-state index in [0.29, 0.717) is 16.3 Å². The number of nitrogens with zero attached hydrogens (tertiary/aromatic N) is 1. The largest absolute Gasteiger partial charge is 0.497 e. The molecule has 1 heterocycles. The molecule has 0 radical (unpaired) electrons. The smallest absolute Gasteiger partial charge is 0.241 e. The first kappa shape index (κ1) is 20.4. The SMILES string of the molecule is COc1ccc(C(=O)C2CCN(C(C)C(=O)Nc3cccc(Cl)c3)CC2)cc1. The minimum absolute atomic E-state index is 0.00663. The molecule has 0 bridgehead atoms. The third-order valence-electron chi connectivity index (χ3n) is 5.29. The van der Waals surface area contributed by atoms with Crippen LogP contribution in [-0.4, -0.2) is 42.8 Å². The monoisotopic (exact) mass is 400 g/mol. The fourth-order valence-corrected chi connectivity index (χ4v) is 3.71. The normalized spacial score (nSPS) is 16.4. The highest BCUT2D eigenvalue weighted by molar-refractivity contribution is 6.30. The van der Waals surface area contributed by atoms with Gasteiger partial charge in [0, 0.05) is 22.2 Å². The number of carbonyl (C=O) groups is 2. The van der Waals surface area contributed by atoms with Crippen LogP contribution in [0.25, 0.3) is 0 Å². The van der Waals surface area contributed by atoms with Crippen LogP contribution in [0, 0.1) is 5.92 Å². The summed E-state index contributed by atoms with van der Waals surface area (Å²) in [7, 11) is 1.61. The zero-order valence-electron chi connectivity index (χ0n) is 16.2. The summed E-state index contributed by atoms with van der Waals surface area (Å²) in [5, 5.41) is 3.49. The molecule has 1 atom stereocenters. The molecule has 1 fully saturated rings. The van der Waals surface area contributed by atoms with E-state index in [1.807, 2.05) is 37.3 Å². The molecule has 28 heavy (non-hydrogen) atoms. The van der Waals surface area contributed by atoms with E-state index >= 15 is 0 Å². The number of amides is 1. The molecule has 1 saturated heterocycles. The van der Waals surface area contributed by atoms with Gasteiger partial charge in [0.1, 0.15) is 5.75 Å². The lowest BCUT2D eigenvalue weighted by molar-refractivity contribution is -0.121. The van der Waals surface area contributed by atoms with E-state index in [9.17, 15) is 9.59 Å². The first-order chi connectivity index (χ1) is 13.5. The van der Waals surface area contributed by atoms with E-state index in [0.717, 1.165) is 31.7 Å². The second-order valence-electron chi connectivity index (χ2n) is 7.08. The molecule has 1 unspecified atom stereocenters. The Bertz CT molecular complexity index is 830. The maximum absolute atomic E-state index is 12.7. The highest BCUT2D eigenvalue weighted by Crippen LogP contribution is 2.24. The molecule has 1 aliphatic heterocycles. The van der Waals surface area contributed by atoms with E-state index in [1.54, 1.807) is 25.3 Å². The third-order valence-corrected chi connectivity index (χ3v) is 5.53. The van der Waals surface area contributed by atoms with Gasteiger partial charge in [-0.1, -0.05) is 17.7 Å². The number of methoxy groups -OCH3 is 1. The van der Waals surface area contributed by atoms with E-state index in [1.165, 1.54) is 0 Å². The molecule has 0 aliphatic carbocycles. The third kappa shape index (κ3) is 4.91. The molecule has 6 heteroatoms. The van der Waals surface area contributed by atoms with Gasteiger partial charge >= 0.3 is 0 Å². The van der Waals surface area contributed by atoms with E-state index in [4.69, 9.17) is 16.3 Å². The number of carbonyl (C=O) groups excluding carboxylic acids is 2. The number of ether oxygens (including phenoxy) is 1. The molecule has 1 aliphatic rings. The molecule has 5 nitrogen and oxygen atoms in total. The molecular formula is C22H25ClN2O3. The van der Waals surface area contributed by atoms with Crippen LogP contribution in [0.4, 0.5) is 5.69 Å². The Kier molecular flexibility index (Phi) is 6.70. The number of anilines is 1. The molecule has 0 aromatic heterocycles. The minimum Gasteiger partial charge on any atom is -0.497 e. The number of hydrogen-bond acceptors (Lipinski definition) is 4. The van der Waals surface area contributed by atoms with Crippen molar-refractivity contribution in [3.05, 3.63) is 59.1 Å². The maximum Gasteiger partial charge on any atom is 0.241 e. The minimum atomic E-state index is -0.268. The number of benzene rings is 2. The fourth-order valence-electron chi connectivity index (χ4n) is 3.52. The summed E-state index contributed by atoms with van der Waals surface area (Å²) in [6.07, 6.45) is 1.50. The average Bonchev–Trinajstić information content (AvgIpc) is 2.73. The molecule has 3 rings (SSSR count). The van der Waals surface area contributed by atoms with Crippen LogP contribution >= 0.6 is 11.6 Å². The number of ketones is 1. The lowest BCUT2D eigenvalue weighted by Gasteiger charge is -2.34. The highest BCUT2D eigenvalue weighted by atomic mass is 35.5. The summed E-state index contributed by atoms with van der Waals surface area (Å²) in [5.41, 5.74) is 1.40. The van der Waals surface area contributed by atoms with Crippen LogP contribution in [-0.2, 0) is 4.79 Å². The van der Waals surface area contributed by atoms with Gasteiger partial charge in [0.15, 0.2) is 5.78 Å². The van der Waals surface area contributed by atoms with Gasteiger partial charge in [-0.15, -0.1) is 0 Å². The number of hydrogen-bond donors (Lipinski definition) is 1. The number of piperidine rings is 1. The van der Waals surface area contributed by atoms with Crippen LogP contribution in [0.1, 0.15) is 30.1 Å². The van der Waals surface area contributed by atoms with Gasteiger partial charge in [-0.25, -0.2) is 0 Å². The van der Waals surface area contributed by atoms with Crippen molar-refractivity contribution < 1.29 is 14.3 Å². The second-order valence-corrected chi connectivity index (χ2v) is 7.52. The summed E-state index contributed by atoms with van der Waals surface area (Å²) in [6.45, 7) is 3.33. The number of nitrogens with one attached hydrogen (secondary N) is 1. The molecular weight excluding hydrogens is 376 g/mol. The van der Waals surface area contributed by atoms with E-state index in [-0.39, 0.29) is 23.7 Å². The van der Waals surface area contributed by atoms with Crippen LogP contribution < -0.4 is 10.1 Å². The van der Waals surface area contributed by atoms with Crippen molar-refractivity contribution >= 4 is 29.0 Å². The molecule has 0 saturated carbocycles. The molecule has 0 spiro atoms. The number of rotatable bonds is 6. The van der Waals surface area contributed by atoms with Gasteiger partial charge in [-0.05, 0) is 75.3 Å². The lowest BCUT2D eigenvalue weighted by Crippen LogP contribution is -2.47. The molecule has 2 aromatic rings. The van der Waals surface area contributed by atoms with Crippen molar-refractivity contribution in [3.8, 4) is 5.75 Å². The molecule has 1 N–H and O–H groups in total.